The van der Waals surface area contributed by atoms with E-state index in [1.54, 1.807) is 6.20 Å². The van der Waals surface area contributed by atoms with Gasteiger partial charge < -0.3 is 10.5 Å². The van der Waals surface area contributed by atoms with Crippen molar-refractivity contribution in [3.05, 3.63) is 95.8 Å². The Bertz CT molecular complexity index is 847. The Morgan fingerprint density at radius 2 is 1.62 bits per heavy atom. The molecule has 0 aliphatic carbocycles. The van der Waals surface area contributed by atoms with Crippen molar-refractivity contribution < 1.29 is 4.74 Å². The van der Waals surface area contributed by atoms with Crippen LogP contribution >= 0.6 is 24.8 Å². The Labute approximate surface area is 184 Å². The number of hydrogen-bond acceptors (Lipinski definition) is 4. The van der Waals surface area contributed by atoms with Crippen molar-refractivity contribution in [3.63, 3.8) is 0 Å². The van der Waals surface area contributed by atoms with Gasteiger partial charge in [-0.05, 0) is 35.4 Å². The molecular weight excluding hydrogens is 405 g/mol. The maximum absolute atomic E-state index is 6.41. The zero-order valence-corrected chi connectivity index (χ0v) is 17.8. The number of hydrogen-bond donors (Lipinski definition) is 1. The molecule has 1 aliphatic rings. The van der Waals surface area contributed by atoms with Gasteiger partial charge in [0.25, 0.3) is 0 Å². The van der Waals surface area contributed by atoms with Crippen LogP contribution in [0, 0.1) is 0 Å². The second-order valence-corrected chi connectivity index (χ2v) is 7.13. The molecule has 2 atom stereocenters. The molecule has 1 fully saturated rings. The average Bonchev–Trinajstić information content (AvgIpc) is 3.09. The van der Waals surface area contributed by atoms with Crippen LogP contribution in [0.1, 0.15) is 22.7 Å². The third-order valence-corrected chi connectivity index (χ3v) is 5.11. The molecule has 1 aliphatic heterocycles. The number of nitrogens with two attached hydrogens (primary N) is 1. The zero-order chi connectivity index (χ0) is 18.5. The van der Waals surface area contributed by atoms with Crippen molar-refractivity contribution in [1.82, 2.24) is 9.88 Å². The molecule has 4 nitrogen and oxygen atoms in total. The van der Waals surface area contributed by atoms with Gasteiger partial charge in [0.05, 0.1) is 5.69 Å². The van der Waals surface area contributed by atoms with E-state index >= 15 is 0 Å². The molecule has 2 N–H and O–H groups in total. The monoisotopic (exact) mass is 431 g/mol. The predicted octanol–water partition coefficient (Wildman–Crippen LogP) is 4.43. The van der Waals surface area contributed by atoms with Gasteiger partial charge in [0, 0.05) is 37.8 Å². The van der Waals surface area contributed by atoms with Crippen LogP contribution in [0.3, 0.4) is 0 Å². The lowest BCUT2D eigenvalue weighted by Crippen LogP contribution is -2.28. The quantitative estimate of drug-likeness (QED) is 0.626. The maximum Gasteiger partial charge on any atom is 0.130 e. The largest absolute Gasteiger partial charge is 0.487 e. The van der Waals surface area contributed by atoms with E-state index in [0.29, 0.717) is 12.5 Å². The summed E-state index contributed by atoms with van der Waals surface area (Å²) < 4.78 is 5.81. The van der Waals surface area contributed by atoms with Crippen LogP contribution in [0.4, 0.5) is 0 Å². The second kappa shape index (κ2) is 11.2. The van der Waals surface area contributed by atoms with E-state index in [1.165, 1.54) is 11.1 Å². The first-order valence-corrected chi connectivity index (χ1v) is 9.42. The fourth-order valence-corrected chi connectivity index (χ4v) is 3.69. The molecule has 2 aromatic carbocycles. The number of likely N-dealkylation sites (tertiary alicyclic amines) is 1. The van der Waals surface area contributed by atoms with Gasteiger partial charge in [-0.25, -0.2) is 0 Å². The van der Waals surface area contributed by atoms with Crippen LogP contribution in [0.15, 0.2) is 79.0 Å². The fourth-order valence-electron chi connectivity index (χ4n) is 3.69. The van der Waals surface area contributed by atoms with Crippen LogP contribution in [0.25, 0.3) is 0 Å². The van der Waals surface area contributed by atoms with Gasteiger partial charge in [-0.15, -0.1) is 24.8 Å². The van der Waals surface area contributed by atoms with Crippen molar-refractivity contribution in [2.45, 2.75) is 25.1 Å². The molecule has 1 aromatic heterocycles. The third kappa shape index (κ3) is 6.18. The summed E-state index contributed by atoms with van der Waals surface area (Å²) in [6, 6.07) is 25.0. The summed E-state index contributed by atoms with van der Waals surface area (Å²) in [5.41, 5.74) is 9.95. The number of aromatic nitrogens is 1. The van der Waals surface area contributed by atoms with Crippen LogP contribution in [0.2, 0.25) is 0 Å². The summed E-state index contributed by atoms with van der Waals surface area (Å²) in [6.07, 6.45) is 1.78. The molecule has 0 saturated carbocycles. The highest BCUT2D eigenvalue weighted by Gasteiger charge is 2.30. The van der Waals surface area contributed by atoms with E-state index in [1.807, 2.05) is 30.3 Å². The van der Waals surface area contributed by atoms with E-state index in [2.05, 4.69) is 52.3 Å². The number of ether oxygens (including phenoxy) is 1. The first-order valence-electron chi connectivity index (χ1n) is 9.42. The predicted molar refractivity (Wildman–Crippen MR) is 122 cm³/mol. The van der Waals surface area contributed by atoms with Crippen LogP contribution < -0.4 is 10.5 Å². The Kier molecular flexibility index (Phi) is 8.93. The van der Waals surface area contributed by atoms with Gasteiger partial charge in [0.15, 0.2) is 0 Å². The van der Waals surface area contributed by atoms with E-state index in [0.717, 1.165) is 31.1 Å². The fraction of sp³-hybridized carbons (Fsp3) is 0.261. The lowest BCUT2D eigenvalue weighted by molar-refractivity contribution is 0.300. The molecule has 0 spiro atoms. The van der Waals surface area contributed by atoms with Gasteiger partial charge in [-0.2, -0.15) is 0 Å². The Balaban J connectivity index is 0.00000150. The molecule has 1 saturated heterocycles. The first kappa shape index (κ1) is 23.2. The molecule has 154 valence electrons. The van der Waals surface area contributed by atoms with E-state index in [9.17, 15) is 0 Å². The SMILES string of the molecule is Cl.Cl.N[C@@H]1CN(Cc2ccc(OCc3ccccn3)cc2)C[C@H]1c1ccccc1. The van der Waals surface area contributed by atoms with Gasteiger partial charge in [-0.1, -0.05) is 48.5 Å². The average molecular weight is 432 g/mol. The molecule has 0 radical (unpaired) electrons. The highest BCUT2D eigenvalue weighted by molar-refractivity contribution is 5.85. The number of benzene rings is 2. The van der Waals surface area contributed by atoms with Gasteiger partial charge >= 0.3 is 0 Å². The smallest absolute Gasteiger partial charge is 0.130 e. The minimum absolute atomic E-state index is 0. The number of halogens is 2. The summed E-state index contributed by atoms with van der Waals surface area (Å²) in [4.78, 5) is 6.71. The number of nitrogens with zero attached hydrogens (tertiary/aromatic N) is 2. The minimum atomic E-state index is 0. The Hall–Kier alpha value is -2.11. The molecule has 6 heteroatoms. The molecule has 4 rings (SSSR count). The topological polar surface area (TPSA) is 51.4 Å². The van der Waals surface area contributed by atoms with Crippen LogP contribution in [-0.2, 0) is 13.2 Å². The van der Waals surface area contributed by atoms with Crippen molar-refractivity contribution in [2.24, 2.45) is 5.73 Å². The molecule has 0 bridgehead atoms. The summed E-state index contributed by atoms with van der Waals surface area (Å²) >= 11 is 0. The maximum atomic E-state index is 6.41. The summed E-state index contributed by atoms with van der Waals surface area (Å²) in [6.45, 7) is 3.33. The van der Waals surface area contributed by atoms with E-state index < -0.39 is 0 Å². The highest BCUT2D eigenvalue weighted by Crippen LogP contribution is 2.27. The third-order valence-electron chi connectivity index (χ3n) is 5.11. The van der Waals surface area contributed by atoms with Crippen molar-refractivity contribution in [3.8, 4) is 5.75 Å². The van der Waals surface area contributed by atoms with Crippen molar-refractivity contribution in [1.29, 1.82) is 0 Å². The molecule has 0 amide bonds. The summed E-state index contributed by atoms with van der Waals surface area (Å²) in [5, 5.41) is 0. The number of pyridine rings is 1. The van der Waals surface area contributed by atoms with Crippen molar-refractivity contribution >= 4 is 24.8 Å². The molecule has 29 heavy (non-hydrogen) atoms. The van der Waals surface area contributed by atoms with Crippen LogP contribution in [0.5, 0.6) is 5.75 Å². The van der Waals surface area contributed by atoms with Crippen molar-refractivity contribution in [2.75, 3.05) is 13.1 Å². The molecule has 3 aromatic rings. The highest BCUT2D eigenvalue weighted by atomic mass is 35.5. The minimum Gasteiger partial charge on any atom is -0.487 e. The van der Waals surface area contributed by atoms with Gasteiger partial charge in [0.2, 0.25) is 0 Å². The molecule has 2 heterocycles. The normalized spacial score (nSPS) is 18.5. The van der Waals surface area contributed by atoms with Gasteiger partial charge in [0.1, 0.15) is 12.4 Å². The Morgan fingerprint density at radius 3 is 2.31 bits per heavy atom. The lowest BCUT2D eigenvalue weighted by atomic mass is 9.95. The van der Waals surface area contributed by atoms with Gasteiger partial charge in [-0.3, -0.25) is 9.88 Å². The van der Waals surface area contributed by atoms with Crippen LogP contribution in [-0.4, -0.2) is 29.0 Å². The summed E-state index contributed by atoms with van der Waals surface area (Å²) in [5.74, 6) is 1.27. The summed E-state index contributed by atoms with van der Waals surface area (Å²) in [7, 11) is 0. The van der Waals surface area contributed by atoms with E-state index in [-0.39, 0.29) is 30.9 Å². The molecular formula is C23H27Cl2N3O. The second-order valence-electron chi connectivity index (χ2n) is 7.13. The van der Waals surface area contributed by atoms with E-state index in [4.69, 9.17) is 10.5 Å². The number of rotatable bonds is 6. The zero-order valence-electron chi connectivity index (χ0n) is 16.2. The molecule has 0 unspecified atom stereocenters. The lowest BCUT2D eigenvalue weighted by Gasteiger charge is -2.16. The standard InChI is InChI=1S/C23H25N3O.2ClH/c24-23-16-26(15-22(23)19-6-2-1-3-7-19)14-18-9-11-21(12-10-18)27-17-20-8-4-5-13-25-20;;/h1-13,22-23H,14-17,24H2;2*1H/t22-,23+;;/m0../s1. The Morgan fingerprint density at radius 1 is 0.897 bits per heavy atom. The first-order chi connectivity index (χ1) is 13.3.